The second kappa shape index (κ2) is 5.90. The lowest BCUT2D eigenvalue weighted by Crippen LogP contribution is -2.03. The van der Waals surface area contributed by atoms with Crippen molar-refractivity contribution in [3.05, 3.63) is 64.5 Å². The fourth-order valence-corrected chi connectivity index (χ4v) is 2.50. The minimum Gasteiger partial charge on any atom is -0.379 e. The maximum atomic E-state index is 9.06. The van der Waals surface area contributed by atoms with Crippen LogP contribution in [0.2, 0.25) is 0 Å². The average molecular weight is 339 g/mol. The van der Waals surface area contributed by atoms with E-state index in [1.165, 1.54) is 0 Å². The number of nitrogens with zero attached hydrogens (tertiary/aromatic N) is 3. The van der Waals surface area contributed by atoms with Gasteiger partial charge in [0.2, 0.25) is 0 Å². The number of anilines is 1. The molecule has 5 heteroatoms. The van der Waals surface area contributed by atoms with Crippen molar-refractivity contribution in [2.45, 2.75) is 6.54 Å². The molecule has 0 aliphatic carbocycles. The van der Waals surface area contributed by atoms with Gasteiger partial charge in [-0.15, -0.1) is 0 Å². The number of rotatable bonds is 3. The van der Waals surface area contributed by atoms with E-state index in [2.05, 4.69) is 37.3 Å². The third-order valence-corrected chi connectivity index (χ3v) is 3.58. The molecule has 21 heavy (non-hydrogen) atoms. The fraction of sp³-hybridized carbons (Fsp3) is 0.0625. The third-order valence-electron chi connectivity index (χ3n) is 3.14. The molecule has 3 rings (SSSR count). The number of aromatic nitrogens is 2. The fourth-order valence-electron chi connectivity index (χ4n) is 2.15. The van der Waals surface area contributed by atoms with E-state index < -0.39 is 0 Å². The van der Waals surface area contributed by atoms with Gasteiger partial charge in [0, 0.05) is 34.4 Å². The van der Waals surface area contributed by atoms with Gasteiger partial charge in [-0.3, -0.25) is 4.98 Å². The zero-order chi connectivity index (χ0) is 14.7. The summed E-state index contributed by atoms with van der Waals surface area (Å²) >= 11 is 3.42. The first-order valence-corrected chi connectivity index (χ1v) is 7.19. The van der Waals surface area contributed by atoms with Gasteiger partial charge in [-0.05, 0) is 34.1 Å². The molecule has 0 atom stereocenters. The molecule has 0 saturated carbocycles. The van der Waals surface area contributed by atoms with E-state index in [0.29, 0.717) is 12.2 Å². The number of nitriles is 1. The molecule has 0 spiro atoms. The van der Waals surface area contributed by atoms with Crippen molar-refractivity contribution >= 4 is 32.5 Å². The van der Waals surface area contributed by atoms with Crippen molar-refractivity contribution in [2.24, 2.45) is 0 Å². The third kappa shape index (κ3) is 2.86. The molecule has 0 bridgehead atoms. The van der Waals surface area contributed by atoms with Gasteiger partial charge in [-0.25, -0.2) is 4.98 Å². The maximum Gasteiger partial charge on any atom is 0.145 e. The summed E-state index contributed by atoms with van der Waals surface area (Å²) in [5, 5.41) is 13.4. The van der Waals surface area contributed by atoms with Crippen LogP contribution < -0.4 is 5.32 Å². The molecule has 4 nitrogen and oxygen atoms in total. The van der Waals surface area contributed by atoms with E-state index in [9.17, 15) is 0 Å². The molecular weight excluding hydrogens is 328 g/mol. The first-order valence-electron chi connectivity index (χ1n) is 6.40. The second-order valence-electron chi connectivity index (χ2n) is 4.51. The lowest BCUT2D eigenvalue weighted by molar-refractivity contribution is 1.09. The van der Waals surface area contributed by atoms with Crippen LogP contribution in [0.5, 0.6) is 0 Å². The molecule has 0 radical (unpaired) electrons. The lowest BCUT2D eigenvalue weighted by atomic mass is 10.1. The van der Waals surface area contributed by atoms with Crippen LogP contribution in [0.3, 0.4) is 0 Å². The molecule has 0 saturated heterocycles. The molecular formula is C16H11BrN4. The number of hydrogen-bond donors (Lipinski definition) is 1. The zero-order valence-electron chi connectivity index (χ0n) is 11.0. The number of hydrogen-bond acceptors (Lipinski definition) is 4. The van der Waals surface area contributed by atoms with Crippen LogP contribution >= 0.6 is 15.9 Å². The van der Waals surface area contributed by atoms with Crippen LogP contribution in [0.25, 0.3) is 10.9 Å². The van der Waals surface area contributed by atoms with Crippen molar-refractivity contribution in [3.63, 3.8) is 0 Å². The monoisotopic (exact) mass is 338 g/mol. The standard InChI is InChI=1S/C16H11BrN4/c17-13-7-11-3-1-5-14(16(11)21-10-13)20-9-12-4-2-6-19-15(12)8-18/h1-7,10,20H,9H2. The number of halogens is 1. The Hall–Kier alpha value is -2.45. The molecule has 0 fully saturated rings. The van der Waals surface area contributed by atoms with Crippen LogP contribution in [-0.4, -0.2) is 9.97 Å². The molecule has 1 aromatic carbocycles. The number of pyridine rings is 2. The second-order valence-corrected chi connectivity index (χ2v) is 5.42. The predicted molar refractivity (Wildman–Crippen MR) is 85.7 cm³/mol. The van der Waals surface area contributed by atoms with Crippen molar-refractivity contribution in [1.29, 1.82) is 5.26 Å². The van der Waals surface area contributed by atoms with Crippen molar-refractivity contribution < 1.29 is 0 Å². The smallest absolute Gasteiger partial charge is 0.145 e. The molecule has 2 aromatic heterocycles. The summed E-state index contributed by atoms with van der Waals surface area (Å²) < 4.78 is 0.950. The van der Waals surface area contributed by atoms with Crippen LogP contribution in [-0.2, 0) is 6.54 Å². The number of fused-ring (bicyclic) bond motifs is 1. The zero-order valence-corrected chi connectivity index (χ0v) is 12.6. The van der Waals surface area contributed by atoms with Crippen molar-refractivity contribution in [2.75, 3.05) is 5.32 Å². The Morgan fingerprint density at radius 3 is 2.95 bits per heavy atom. The van der Waals surface area contributed by atoms with Gasteiger partial charge < -0.3 is 5.32 Å². The van der Waals surface area contributed by atoms with Gasteiger partial charge in [0.1, 0.15) is 11.8 Å². The van der Waals surface area contributed by atoms with Gasteiger partial charge in [0.25, 0.3) is 0 Å². The quantitative estimate of drug-likeness (QED) is 0.787. The molecule has 1 N–H and O–H groups in total. The Morgan fingerprint density at radius 1 is 1.19 bits per heavy atom. The van der Waals surface area contributed by atoms with E-state index in [4.69, 9.17) is 5.26 Å². The van der Waals surface area contributed by atoms with Gasteiger partial charge >= 0.3 is 0 Å². The minimum absolute atomic E-state index is 0.445. The van der Waals surface area contributed by atoms with E-state index in [1.807, 2.05) is 36.4 Å². The highest BCUT2D eigenvalue weighted by atomic mass is 79.9. The summed E-state index contributed by atoms with van der Waals surface area (Å²) in [4.78, 5) is 8.51. The maximum absolute atomic E-state index is 9.06. The Balaban J connectivity index is 1.91. The van der Waals surface area contributed by atoms with E-state index in [0.717, 1.165) is 26.6 Å². The summed E-state index contributed by atoms with van der Waals surface area (Å²) in [7, 11) is 0. The average Bonchev–Trinajstić information content (AvgIpc) is 2.52. The number of para-hydroxylation sites is 1. The summed E-state index contributed by atoms with van der Waals surface area (Å²) in [5.41, 5.74) is 3.16. The molecule has 0 aliphatic rings. The molecule has 0 unspecified atom stereocenters. The first-order chi connectivity index (χ1) is 10.3. The highest BCUT2D eigenvalue weighted by molar-refractivity contribution is 9.10. The Bertz CT molecular complexity index is 839. The lowest BCUT2D eigenvalue weighted by Gasteiger charge is -2.10. The Kier molecular flexibility index (Phi) is 3.80. The van der Waals surface area contributed by atoms with E-state index in [1.54, 1.807) is 12.4 Å². The van der Waals surface area contributed by atoms with Crippen molar-refractivity contribution in [3.8, 4) is 6.07 Å². The summed E-state index contributed by atoms with van der Waals surface area (Å²) in [5.74, 6) is 0. The largest absolute Gasteiger partial charge is 0.379 e. The minimum atomic E-state index is 0.445. The van der Waals surface area contributed by atoms with E-state index in [-0.39, 0.29) is 0 Å². The van der Waals surface area contributed by atoms with Crippen LogP contribution in [0.15, 0.2) is 53.3 Å². The van der Waals surface area contributed by atoms with Crippen LogP contribution in [0.4, 0.5) is 5.69 Å². The van der Waals surface area contributed by atoms with Gasteiger partial charge in [0.05, 0.1) is 11.2 Å². The van der Waals surface area contributed by atoms with Gasteiger partial charge in [0.15, 0.2) is 0 Å². The number of benzene rings is 1. The van der Waals surface area contributed by atoms with Crippen molar-refractivity contribution in [1.82, 2.24) is 9.97 Å². The topological polar surface area (TPSA) is 61.6 Å². The Labute approximate surface area is 130 Å². The normalized spacial score (nSPS) is 10.3. The molecule has 2 heterocycles. The predicted octanol–water partition coefficient (Wildman–Crippen LogP) is 3.88. The van der Waals surface area contributed by atoms with Gasteiger partial charge in [-0.1, -0.05) is 18.2 Å². The highest BCUT2D eigenvalue weighted by Crippen LogP contribution is 2.24. The van der Waals surface area contributed by atoms with Crippen LogP contribution in [0, 0.1) is 11.3 Å². The van der Waals surface area contributed by atoms with Gasteiger partial charge in [-0.2, -0.15) is 5.26 Å². The van der Waals surface area contributed by atoms with Crippen LogP contribution in [0.1, 0.15) is 11.3 Å². The van der Waals surface area contributed by atoms with E-state index >= 15 is 0 Å². The first kappa shape index (κ1) is 13.5. The molecule has 102 valence electrons. The summed E-state index contributed by atoms with van der Waals surface area (Å²) in [6, 6.07) is 13.8. The summed E-state index contributed by atoms with van der Waals surface area (Å²) in [6.45, 7) is 0.535. The Morgan fingerprint density at radius 2 is 2.10 bits per heavy atom. The molecule has 0 aliphatic heterocycles. The molecule has 0 amide bonds. The molecule has 3 aromatic rings. The highest BCUT2D eigenvalue weighted by Gasteiger charge is 2.05. The SMILES string of the molecule is N#Cc1ncccc1CNc1cccc2cc(Br)cnc12. The number of nitrogens with one attached hydrogen (secondary N) is 1. The summed E-state index contributed by atoms with van der Waals surface area (Å²) in [6.07, 6.45) is 3.40.